The zero-order valence-corrected chi connectivity index (χ0v) is 6.97. The van der Waals surface area contributed by atoms with Crippen LogP contribution in [0.25, 0.3) is 0 Å². The molecule has 0 bridgehead atoms. The Morgan fingerprint density at radius 2 is 2.18 bits per heavy atom. The normalized spacial score (nSPS) is 13.0. The van der Waals surface area contributed by atoms with Gasteiger partial charge in [0.05, 0.1) is 0 Å². The van der Waals surface area contributed by atoms with Gasteiger partial charge < -0.3 is 0 Å². The summed E-state index contributed by atoms with van der Waals surface area (Å²) in [4.78, 5) is 0. The Kier molecular flexibility index (Phi) is 2.64. The van der Waals surface area contributed by atoms with Crippen LogP contribution in [0.4, 0.5) is 4.39 Å². The van der Waals surface area contributed by atoms with E-state index in [2.05, 4.69) is 13.8 Å². The highest BCUT2D eigenvalue weighted by molar-refractivity contribution is 5.19. The number of hydrogen-bond donors (Lipinski definition) is 0. The van der Waals surface area contributed by atoms with Crippen LogP contribution in [0, 0.1) is 5.82 Å². The Morgan fingerprint density at radius 3 is 2.73 bits per heavy atom. The maximum Gasteiger partial charge on any atom is 0.123 e. The van der Waals surface area contributed by atoms with Gasteiger partial charge in [0.15, 0.2) is 0 Å². The number of rotatable bonds is 2. The molecule has 0 fully saturated rings. The lowest BCUT2D eigenvalue weighted by Crippen LogP contribution is -1.90. The molecule has 1 heteroatoms. The van der Waals surface area contributed by atoms with Gasteiger partial charge in [-0.05, 0) is 30.0 Å². The van der Waals surface area contributed by atoms with Gasteiger partial charge in [0.25, 0.3) is 0 Å². The lowest BCUT2D eigenvalue weighted by Gasteiger charge is -2.07. The first kappa shape index (κ1) is 8.25. The summed E-state index contributed by atoms with van der Waals surface area (Å²) < 4.78 is 12.7. The molecule has 0 aromatic heterocycles. The summed E-state index contributed by atoms with van der Waals surface area (Å²) in [5, 5.41) is 0. The molecule has 0 amide bonds. The Labute approximate surface area is 67.1 Å². The summed E-state index contributed by atoms with van der Waals surface area (Å²) in [7, 11) is 0. The van der Waals surface area contributed by atoms with Gasteiger partial charge in [-0.2, -0.15) is 0 Å². The number of benzene rings is 1. The number of hydrogen-bond acceptors (Lipinski definition) is 0. The van der Waals surface area contributed by atoms with E-state index >= 15 is 0 Å². The molecule has 1 atom stereocenters. The molecule has 0 N–H and O–H groups in total. The molecule has 0 aliphatic rings. The van der Waals surface area contributed by atoms with Crippen LogP contribution in [0.15, 0.2) is 24.3 Å². The van der Waals surface area contributed by atoms with Crippen LogP contribution in [0.2, 0.25) is 0 Å². The van der Waals surface area contributed by atoms with E-state index in [4.69, 9.17) is 0 Å². The van der Waals surface area contributed by atoms with E-state index in [1.807, 2.05) is 6.07 Å². The molecule has 0 aliphatic carbocycles. The molecule has 0 radical (unpaired) electrons. The van der Waals surface area contributed by atoms with Crippen molar-refractivity contribution in [3.63, 3.8) is 0 Å². The lowest BCUT2D eigenvalue weighted by molar-refractivity contribution is 0.619. The smallest absolute Gasteiger partial charge is 0.123 e. The van der Waals surface area contributed by atoms with Crippen molar-refractivity contribution in [1.82, 2.24) is 0 Å². The summed E-state index contributed by atoms with van der Waals surface area (Å²) in [6.45, 7) is 4.21. The van der Waals surface area contributed by atoms with E-state index in [1.54, 1.807) is 12.1 Å². The Bertz CT molecular complexity index is 230. The molecule has 0 heterocycles. The van der Waals surface area contributed by atoms with Gasteiger partial charge in [0.1, 0.15) is 5.82 Å². The minimum atomic E-state index is -0.136. The molecule has 11 heavy (non-hydrogen) atoms. The highest BCUT2D eigenvalue weighted by Gasteiger charge is 2.02. The second-order valence-electron chi connectivity index (χ2n) is 2.86. The summed E-state index contributed by atoms with van der Waals surface area (Å²) in [5.74, 6) is 0.327. The quantitative estimate of drug-likeness (QED) is 0.609. The first-order valence-electron chi connectivity index (χ1n) is 3.99. The van der Waals surface area contributed by atoms with Crippen LogP contribution in [-0.4, -0.2) is 0 Å². The van der Waals surface area contributed by atoms with E-state index in [0.29, 0.717) is 5.92 Å². The molecule has 0 saturated carbocycles. The molecule has 0 spiro atoms. The fourth-order valence-corrected chi connectivity index (χ4v) is 1.05. The maximum atomic E-state index is 12.7. The van der Waals surface area contributed by atoms with E-state index in [0.717, 1.165) is 12.0 Å². The second-order valence-corrected chi connectivity index (χ2v) is 2.86. The second kappa shape index (κ2) is 3.51. The average molecular weight is 152 g/mol. The van der Waals surface area contributed by atoms with Crippen molar-refractivity contribution < 1.29 is 4.39 Å². The molecule has 0 aliphatic heterocycles. The average Bonchev–Trinajstić information content (AvgIpc) is 2.03. The van der Waals surface area contributed by atoms with Crippen molar-refractivity contribution in [2.24, 2.45) is 0 Å². The monoisotopic (exact) mass is 152 g/mol. The van der Waals surface area contributed by atoms with Gasteiger partial charge in [-0.3, -0.25) is 0 Å². The van der Waals surface area contributed by atoms with E-state index in [9.17, 15) is 4.39 Å². The van der Waals surface area contributed by atoms with Gasteiger partial charge in [0, 0.05) is 0 Å². The highest BCUT2D eigenvalue weighted by Crippen LogP contribution is 2.18. The van der Waals surface area contributed by atoms with Crippen molar-refractivity contribution >= 4 is 0 Å². The fourth-order valence-electron chi connectivity index (χ4n) is 1.05. The lowest BCUT2D eigenvalue weighted by atomic mass is 9.99. The van der Waals surface area contributed by atoms with Crippen LogP contribution in [0.5, 0.6) is 0 Å². The largest absolute Gasteiger partial charge is 0.207 e. The SMILES string of the molecule is CC[C@H](C)c1cccc(F)c1. The number of halogens is 1. The van der Waals surface area contributed by atoms with Crippen molar-refractivity contribution in [3.8, 4) is 0 Å². The Balaban J connectivity index is 2.86. The van der Waals surface area contributed by atoms with Crippen molar-refractivity contribution in [2.45, 2.75) is 26.2 Å². The van der Waals surface area contributed by atoms with Crippen LogP contribution >= 0.6 is 0 Å². The molecule has 0 nitrogen and oxygen atoms in total. The predicted molar refractivity (Wildman–Crippen MR) is 45.1 cm³/mol. The van der Waals surface area contributed by atoms with Crippen molar-refractivity contribution in [1.29, 1.82) is 0 Å². The first-order chi connectivity index (χ1) is 5.24. The third kappa shape index (κ3) is 2.04. The summed E-state index contributed by atoms with van der Waals surface area (Å²) >= 11 is 0. The summed E-state index contributed by atoms with van der Waals surface area (Å²) in [5.41, 5.74) is 1.09. The third-order valence-corrected chi connectivity index (χ3v) is 2.03. The summed E-state index contributed by atoms with van der Waals surface area (Å²) in [6.07, 6.45) is 1.06. The molecule has 0 unspecified atom stereocenters. The van der Waals surface area contributed by atoms with Gasteiger partial charge in [-0.25, -0.2) is 4.39 Å². The Morgan fingerprint density at radius 1 is 1.45 bits per heavy atom. The first-order valence-corrected chi connectivity index (χ1v) is 3.99. The molecule has 1 aromatic carbocycles. The van der Waals surface area contributed by atoms with Crippen LogP contribution in [-0.2, 0) is 0 Å². The van der Waals surface area contributed by atoms with Crippen LogP contribution in [0.1, 0.15) is 31.7 Å². The van der Waals surface area contributed by atoms with E-state index < -0.39 is 0 Å². The standard InChI is InChI=1S/C10H13F/c1-3-8(2)9-5-4-6-10(11)7-9/h4-8H,3H2,1-2H3/t8-/m0/s1. The highest BCUT2D eigenvalue weighted by atomic mass is 19.1. The third-order valence-electron chi connectivity index (χ3n) is 2.03. The predicted octanol–water partition coefficient (Wildman–Crippen LogP) is 3.34. The minimum Gasteiger partial charge on any atom is -0.207 e. The topological polar surface area (TPSA) is 0 Å². The van der Waals surface area contributed by atoms with Gasteiger partial charge in [0.2, 0.25) is 0 Å². The zero-order valence-electron chi connectivity index (χ0n) is 6.97. The van der Waals surface area contributed by atoms with Gasteiger partial charge in [-0.15, -0.1) is 0 Å². The Hall–Kier alpha value is -0.850. The van der Waals surface area contributed by atoms with Crippen molar-refractivity contribution in [2.75, 3.05) is 0 Å². The summed E-state index contributed by atoms with van der Waals surface area (Å²) in [6, 6.07) is 6.81. The molecular weight excluding hydrogens is 139 g/mol. The fraction of sp³-hybridized carbons (Fsp3) is 0.400. The molecule has 1 aromatic rings. The molecule has 1 rings (SSSR count). The maximum absolute atomic E-state index is 12.7. The van der Waals surface area contributed by atoms with Gasteiger partial charge in [-0.1, -0.05) is 26.0 Å². The zero-order chi connectivity index (χ0) is 8.27. The van der Waals surface area contributed by atoms with Crippen molar-refractivity contribution in [3.05, 3.63) is 35.6 Å². The van der Waals surface area contributed by atoms with E-state index in [1.165, 1.54) is 6.07 Å². The molecule has 60 valence electrons. The van der Waals surface area contributed by atoms with Gasteiger partial charge >= 0.3 is 0 Å². The van der Waals surface area contributed by atoms with Crippen LogP contribution in [0.3, 0.4) is 0 Å². The van der Waals surface area contributed by atoms with Crippen LogP contribution < -0.4 is 0 Å². The minimum absolute atomic E-state index is 0.136. The van der Waals surface area contributed by atoms with E-state index in [-0.39, 0.29) is 5.82 Å². The molecular formula is C10H13F. The molecule has 0 saturated heterocycles.